The SMILES string of the molecule is COc1ccc(CCC(=O)NCCN(C)CCNC(=O)c2nc(Cl)c(N)nc2N)cc1OC. The van der Waals surface area contributed by atoms with Crippen molar-refractivity contribution >= 4 is 35.1 Å². The first-order valence-electron chi connectivity index (χ1n) is 10.3. The predicted octanol–water partition coefficient (Wildman–Crippen LogP) is 0.722. The second kappa shape index (κ2) is 12.7. The van der Waals surface area contributed by atoms with E-state index in [0.717, 1.165) is 5.56 Å². The van der Waals surface area contributed by atoms with Crippen LogP contribution >= 0.6 is 11.6 Å². The Kier molecular flexibility index (Phi) is 9.95. The summed E-state index contributed by atoms with van der Waals surface area (Å²) in [5.41, 5.74) is 12.1. The molecule has 11 nitrogen and oxygen atoms in total. The fourth-order valence-electron chi connectivity index (χ4n) is 2.93. The van der Waals surface area contributed by atoms with Gasteiger partial charge in [-0.25, -0.2) is 9.97 Å². The summed E-state index contributed by atoms with van der Waals surface area (Å²) in [6.45, 7) is 2.02. The first-order valence-corrected chi connectivity index (χ1v) is 10.7. The van der Waals surface area contributed by atoms with Crippen molar-refractivity contribution in [3.63, 3.8) is 0 Å². The van der Waals surface area contributed by atoms with Gasteiger partial charge in [0.2, 0.25) is 5.91 Å². The van der Waals surface area contributed by atoms with E-state index in [1.807, 2.05) is 30.1 Å². The Bertz CT molecular complexity index is 974. The molecule has 2 aromatic rings. The highest BCUT2D eigenvalue weighted by Gasteiger charge is 2.15. The lowest BCUT2D eigenvalue weighted by atomic mass is 10.1. The molecule has 0 aliphatic heterocycles. The maximum absolute atomic E-state index is 12.2. The minimum absolute atomic E-state index is 0.0313. The van der Waals surface area contributed by atoms with Gasteiger partial charge in [-0.1, -0.05) is 17.7 Å². The van der Waals surface area contributed by atoms with Gasteiger partial charge in [0.05, 0.1) is 14.2 Å². The molecular formula is C21H30ClN7O4. The number of carbonyl (C=O) groups is 2. The molecule has 0 bridgehead atoms. The number of halogens is 1. The Labute approximate surface area is 197 Å². The maximum atomic E-state index is 12.2. The molecule has 1 aromatic carbocycles. The van der Waals surface area contributed by atoms with E-state index in [0.29, 0.717) is 50.5 Å². The number of nitrogens with zero attached hydrogens (tertiary/aromatic N) is 3. The third-order valence-corrected chi connectivity index (χ3v) is 5.08. The molecule has 0 aliphatic carbocycles. The van der Waals surface area contributed by atoms with Crippen LogP contribution in [0.2, 0.25) is 5.15 Å². The number of rotatable bonds is 12. The number of aryl methyl sites for hydroxylation is 1. The minimum atomic E-state index is -0.487. The van der Waals surface area contributed by atoms with E-state index in [-0.39, 0.29) is 28.4 Å². The second-order valence-electron chi connectivity index (χ2n) is 7.23. The summed E-state index contributed by atoms with van der Waals surface area (Å²) < 4.78 is 10.5. The van der Waals surface area contributed by atoms with Crippen molar-refractivity contribution in [1.29, 1.82) is 0 Å². The molecule has 12 heteroatoms. The molecule has 0 unspecified atom stereocenters. The zero-order chi connectivity index (χ0) is 24.4. The summed E-state index contributed by atoms with van der Waals surface area (Å²) in [4.78, 5) is 33.9. The largest absolute Gasteiger partial charge is 0.493 e. The number of hydrogen-bond donors (Lipinski definition) is 4. The van der Waals surface area contributed by atoms with Crippen molar-refractivity contribution in [2.45, 2.75) is 12.8 Å². The van der Waals surface area contributed by atoms with Crippen LogP contribution in [0.3, 0.4) is 0 Å². The lowest BCUT2D eigenvalue weighted by molar-refractivity contribution is -0.121. The van der Waals surface area contributed by atoms with E-state index in [9.17, 15) is 9.59 Å². The molecule has 0 fully saturated rings. The summed E-state index contributed by atoms with van der Waals surface area (Å²) in [5, 5.41) is 5.52. The maximum Gasteiger partial charge on any atom is 0.273 e. The van der Waals surface area contributed by atoms with Crippen LogP contribution in [0.5, 0.6) is 11.5 Å². The third kappa shape index (κ3) is 7.95. The molecule has 0 spiro atoms. The van der Waals surface area contributed by atoms with Crippen molar-refractivity contribution in [2.24, 2.45) is 0 Å². The Morgan fingerprint density at radius 3 is 2.36 bits per heavy atom. The summed E-state index contributed by atoms with van der Waals surface area (Å²) >= 11 is 5.79. The Hall–Kier alpha value is -3.31. The normalized spacial score (nSPS) is 10.7. The smallest absolute Gasteiger partial charge is 0.273 e. The summed E-state index contributed by atoms with van der Waals surface area (Å²) in [6, 6.07) is 5.60. The van der Waals surface area contributed by atoms with Crippen LogP contribution in [0.25, 0.3) is 0 Å². The zero-order valence-corrected chi connectivity index (χ0v) is 19.7. The highest BCUT2D eigenvalue weighted by atomic mass is 35.5. The number of ether oxygens (including phenoxy) is 2. The van der Waals surface area contributed by atoms with E-state index in [1.54, 1.807) is 14.2 Å². The third-order valence-electron chi connectivity index (χ3n) is 4.80. The Morgan fingerprint density at radius 1 is 1.03 bits per heavy atom. The molecule has 0 aliphatic rings. The highest BCUT2D eigenvalue weighted by molar-refractivity contribution is 6.31. The van der Waals surface area contributed by atoms with Gasteiger partial charge in [0.15, 0.2) is 34.0 Å². The van der Waals surface area contributed by atoms with Gasteiger partial charge in [0.1, 0.15) is 0 Å². The molecule has 0 radical (unpaired) electrons. The number of likely N-dealkylation sites (N-methyl/N-ethyl adjacent to an activating group) is 1. The van der Waals surface area contributed by atoms with E-state index in [1.165, 1.54) is 0 Å². The van der Waals surface area contributed by atoms with Gasteiger partial charge in [-0.05, 0) is 31.2 Å². The van der Waals surface area contributed by atoms with Crippen molar-refractivity contribution in [3.8, 4) is 11.5 Å². The van der Waals surface area contributed by atoms with Gasteiger partial charge < -0.3 is 36.5 Å². The summed E-state index contributed by atoms with van der Waals surface area (Å²) in [7, 11) is 5.04. The standard InChI is InChI=1S/C21H30ClN7O4/c1-29(11-9-26-21(31)17-19(23)28-20(24)18(22)27-17)10-8-25-16(30)7-5-13-4-6-14(32-2)15(12-13)33-3/h4,6,12H,5,7-11H2,1-3H3,(H,25,30)(H,26,31)(H4,23,24,28). The van der Waals surface area contributed by atoms with Gasteiger partial charge in [-0.15, -0.1) is 0 Å². The molecule has 1 aromatic heterocycles. The fourth-order valence-corrected chi connectivity index (χ4v) is 3.06. The minimum Gasteiger partial charge on any atom is -0.493 e. The first kappa shape index (κ1) is 25.9. The van der Waals surface area contributed by atoms with Gasteiger partial charge in [0.25, 0.3) is 5.91 Å². The number of amides is 2. The zero-order valence-electron chi connectivity index (χ0n) is 19.0. The number of hydrogen-bond acceptors (Lipinski definition) is 9. The molecule has 1 heterocycles. The van der Waals surface area contributed by atoms with E-state index in [4.69, 9.17) is 32.5 Å². The predicted molar refractivity (Wildman–Crippen MR) is 127 cm³/mol. The van der Waals surface area contributed by atoms with Crippen LogP contribution in [0.1, 0.15) is 22.5 Å². The van der Waals surface area contributed by atoms with Crippen LogP contribution in [0.4, 0.5) is 11.6 Å². The van der Waals surface area contributed by atoms with Crippen molar-refractivity contribution in [1.82, 2.24) is 25.5 Å². The number of nitrogen functional groups attached to an aromatic ring is 2. The number of nitrogens with one attached hydrogen (secondary N) is 2. The van der Waals surface area contributed by atoms with Crippen LogP contribution in [0.15, 0.2) is 18.2 Å². The number of benzene rings is 1. The Morgan fingerprint density at radius 2 is 1.70 bits per heavy atom. The lowest BCUT2D eigenvalue weighted by Crippen LogP contribution is -2.38. The number of carbonyl (C=O) groups excluding carboxylic acids is 2. The molecule has 0 saturated heterocycles. The number of anilines is 2. The van der Waals surface area contributed by atoms with Gasteiger partial charge in [0, 0.05) is 32.6 Å². The second-order valence-corrected chi connectivity index (χ2v) is 7.59. The van der Waals surface area contributed by atoms with Crippen molar-refractivity contribution < 1.29 is 19.1 Å². The highest BCUT2D eigenvalue weighted by Crippen LogP contribution is 2.27. The number of aromatic nitrogens is 2. The first-order chi connectivity index (χ1) is 15.7. The summed E-state index contributed by atoms with van der Waals surface area (Å²) in [5.74, 6) is 0.645. The van der Waals surface area contributed by atoms with E-state index < -0.39 is 5.91 Å². The van der Waals surface area contributed by atoms with Crippen LogP contribution < -0.4 is 31.6 Å². The number of methoxy groups -OCH3 is 2. The molecule has 0 atom stereocenters. The van der Waals surface area contributed by atoms with Crippen molar-refractivity contribution in [3.05, 3.63) is 34.6 Å². The molecule has 2 rings (SSSR count). The Balaban J connectivity index is 1.65. The number of nitrogens with two attached hydrogens (primary N) is 2. The van der Waals surface area contributed by atoms with Crippen LogP contribution in [0, 0.1) is 0 Å². The van der Waals surface area contributed by atoms with E-state index in [2.05, 4.69) is 20.6 Å². The average molecular weight is 480 g/mol. The van der Waals surface area contributed by atoms with Crippen LogP contribution in [-0.2, 0) is 11.2 Å². The van der Waals surface area contributed by atoms with E-state index >= 15 is 0 Å². The molecular weight excluding hydrogens is 450 g/mol. The fraction of sp³-hybridized carbons (Fsp3) is 0.429. The van der Waals surface area contributed by atoms with Gasteiger partial charge >= 0.3 is 0 Å². The quantitative estimate of drug-likeness (QED) is 0.344. The van der Waals surface area contributed by atoms with Crippen molar-refractivity contribution in [2.75, 3.05) is 58.9 Å². The molecule has 180 valence electrons. The topological polar surface area (TPSA) is 158 Å². The summed E-state index contributed by atoms with van der Waals surface area (Å²) in [6.07, 6.45) is 0.955. The lowest BCUT2D eigenvalue weighted by Gasteiger charge is -2.17. The molecule has 6 N–H and O–H groups in total. The monoisotopic (exact) mass is 479 g/mol. The van der Waals surface area contributed by atoms with Gasteiger partial charge in [-0.3, -0.25) is 9.59 Å². The molecule has 0 saturated carbocycles. The average Bonchev–Trinajstić information content (AvgIpc) is 2.79. The molecule has 33 heavy (non-hydrogen) atoms. The van der Waals surface area contributed by atoms with Crippen LogP contribution in [-0.4, -0.2) is 74.1 Å². The van der Waals surface area contributed by atoms with Gasteiger partial charge in [-0.2, -0.15) is 0 Å². The molecule has 2 amide bonds.